The maximum Gasteiger partial charge on any atom is 0.411 e. The third kappa shape index (κ3) is 6.09. The molecule has 0 aromatic heterocycles. The molecule has 9 heteroatoms. The summed E-state index contributed by atoms with van der Waals surface area (Å²) < 4.78 is 5.58. The highest BCUT2D eigenvalue weighted by Crippen LogP contribution is 2.28. The van der Waals surface area contributed by atoms with E-state index in [4.69, 9.17) is 27.9 Å². The summed E-state index contributed by atoms with van der Waals surface area (Å²) in [6, 6.07) is 4.99. The topological polar surface area (TPSA) is 56.3 Å². The van der Waals surface area contributed by atoms with Crippen molar-refractivity contribution < 1.29 is 14.3 Å². The minimum Gasteiger partial charge on any atom is -0.444 e. The molecule has 1 aromatic carbocycles. The van der Waals surface area contributed by atoms with Crippen molar-refractivity contribution in [2.24, 2.45) is 0 Å². The van der Waals surface area contributed by atoms with Gasteiger partial charge in [-0.3, -0.25) is 14.6 Å². The van der Waals surface area contributed by atoms with Crippen LogP contribution in [0.5, 0.6) is 0 Å². The van der Waals surface area contributed by atoms with Crippen LogP contribution in [0.3, 0.4) is 0 Å². The fraction of sp³-hybridized carbons (Fsp3) is 0.565. The van der Waals surface area contributed by atoms with Gasteiger partial charge >= 0.3 is 6.09 Å². The van der Waals surface area contributed by atoms with E-state index in [0.717, 1.165) is 5.69 Å². The van der Waals surface area contributed by atoms with Gasteiger partial charge in [0.05, 0.1) is 10.0 Å². The molecule has 7 nitrogen and oxygen atoms in total. The average Bonchev–Trinajstić information content (AvgIpc) is 2.74. The first-order chi connectivity index (χ1) is 15.1. The Kier molecular flexibility index (Phi) is 7.96. The van der Waals surface area contributed by atoms with E-state index in [9.17, 15) is 9.59 Å². The molecule has 1 aromatic rings. The maximum atomic E-state index is 13.5. The highest BCUT2D eigenvalue weighted by molar-refractivity contribution is 6.42. The van der Waals surface area contributed by atoms with Crippen LogP contribution in [0.25, 0.3) is 0 Å². The van der Waals surface area contributed by atoms with E-state index in [0.29, 0.717) is 62.4 Å². The molecule has 176 valence electrons. The summed E-state index contributed by atoms with van der Waals surface area (Å²) in [5, 5.41) is 1.04. The normalized spacial score (nSPS) is 20.3. The quantitative estimate of drug-likeness (QED) is 0.611. The molecule has 3 rings (SSSR count). The van der Waals surface area contributed by atoms with E-state index < -0.39 is 17.7 Å². The van der Waals surface area contributed by atoms with Crippen molar-refractivity contribution in [3.8, 4) is 0 Å². The van der Waals surface area contributed by atoms with E-state index in [2.05, 4.69) is 16.4 Å². The lowest BCUT2D eigenvalue weighted by Crippen LogP contribution is -2.63. The number of piperazine rings is 2. The van der Waals surface area contributed by atoms with Crippen LogP contribution in [0.4, 0.5) is 10.5 Å². The first-order valence-corrected chi connectivity index (χ1v) is 11.7. The number of benzene rings is 1. The zero-order valence-corrected chi connectivity index (χ0v) is 20.5. The monoisotopic (exact) mass is 482 g/mol. The first-order valence-electron chi connectivity index (χ1n) is 10.9. The third-order valence-electron chi connectivity index (χ3n) is 5.62. The molecule has 2 aliphatic rings. The zero-order valence-electron chi connectivity index (χ0n) is 19.0. The minimum atomic E-state index is -0.617. The van der Waals surface area contributed by atoms with Gasteiger partial charge in [0.25, 0.3) is 0 Å². The molecule has 0 aliphatic carbocycles. The minimum absolute atomic E-state index is 0.0431. The second kappa shape index (κ2) is 10.3. The number of carbonyl (C=O) groups excluding carboxylic acids is 2. The third-order valence-corrected chi connectivity index (χ3v) is 6.36. The predicted octanol–water partition coefficient (Wildman–Crippen LogP) is 3.75. The van der Waals surface area contributed by atoms with Crippen LogP contribution in [-0.2, 0) is 9.53 Å². The Balaban J connectivity index is 1.68. The van der Waals surface area contributed by atoms with E-state index in [1.807, 2.05) is 43.9 Å². The second-order valence-electron chi connectivity index (χ2n) is 9.15. The smallest absolute Gasteiger partial charge is 0.411 e. The largest absolute Gasteiger partial charge is 0.444 e. The molecule has 1 atom stereocenters. The van der Waals surface area contributed by atoms with Gasteiger partial charge in [0.15, 0.2) is 0 Å². The van der Waals surface area contributed by atoms with Crippen molar-refractivity contribution in [3.63, 3.8) is 0 Å². The number of nitrogens with zero attached hydrogens (tertiary/aromatic N) is 4. The summed E-state index contributed by atoms with van der Waals surface area (Å²) in [5.41, 5.74) is 0.366. The Morgan fingerprint density at radius 3 is 2.38 bits per heavy atom. The van der Waals surface area contributed by atoms with Gasteiger partial charge in [-0.25, -0.2) is 4.79 Å². The number of anilines is 1. The summed E-state index contributed by atoms with van der Waals surface area (Å²) in [4.78, 5) is 34.1. The van der Waals surface area contributed by atoms with Gasteiger partial charge in [0.2, 0.25) is 5.91 Å². The second-order valence-corrected chi connectivity index (χ2v) is 9.96. The Morgan fingerprint density at radius 2 is 1.78 bits per heavy atom. The average molecular weight is 483 g/mol. The zero-order chi connectivity index (χ0) is 23.5. The molecular weight excluding hydrogens is 451 g/mol. The van der Waals surface area contributed by atoms with Crippen LogP contribution in [-0.4, -0.2) is 90.7 Å². The summed E-state index contributed by atoms with van der Waals surface area (Å²) >= 11 is 12.2. The highest BCUT2D eigenvalue weighted by Gasteiger charge is 2.39. The summed E-state index contributed by atoms with van der Waals surface area (Å²) in [7, 11) is 0. The number of amides is 2. The molecular formula is C23H32Cl2N4O3. The van der Waals surface area contributed by atoms with E-state index in [1.54, 1.807) is 11.0 Å². The van der Waals surface area contributed by atoms with Crippen molar-refractivity contribution >= 4 is 40.9 Å². The molecule has 0 radical (unpaired) electrons. The summed E-state index contributed by atoms with van der Waals surface area (Å²) in [6.07, 6.45) is 1.38. The number of ether oxygens (including phenoxy) is 1. The van der Waals surface area contributed by atoms with Gasteiger partial charge in [0, 0.05) is 58.0 Å². The molecule has 0 unspecified atom stereocenters. The Bertz CT molecular complexity index is 850. The lowest BCUT2D eigenvalue weighted by Gasteiger charge is -2.44. The van der Waals surface area contributed by atoms with Crippen LogP contribution < -0.4 is 4.90 Å². The molecule has 2 fully saturated rings. The van der Waals surface area contributed by atoms with Crippen molar-refractivity contribution in [1.82, 2.24) is 14.7 Å². The molecule has 0 bridgehead atoms. The van der Waals surface area contributed by atoms with Gasteiger partial charge in [-0.2, -0.15) is 0 Å². The lowest BCUT2D eigenvalue weighted by molar-refractivity contribution is -0.139. The fourth-order valence-electron chi connectivity index (χ4n) is 4.02. The number of hydrogen-bond donors (Lipinski definition) is 0. The molecule has 2 aliphatic heterocycles. The summed E-state index contributed by atoms with van der Waals surface area (Å²) in [6.45, 7) is 14.1. The lowest BCUT2D eigenvalue weighted by atomic mass is 10.1. The maximum absolute atomic E-state index is 13.5. The molecule has 2 heterocycles. The van der Waals surface area contributed by atoms with Crippen molar-refractivity contribution in [1.29, 1.82) is 0 Å². The van der Waals surface area contributed by atoms with Gasteiger partial charge in [-0.1, -0.05) is 29.3 Å². The Hall–Kier alpha value is -1.96. The molecule has 0 N–H and O–H groups in total. The van der Waals surface area contributed by atoms with Crippen molar-refractivity contribution in [2.45, 2.75) is 32.4 Å². The van der Waals surface area contributed by atoms with Crippen LogP contribution in [0.2, 0.25) is 10.0 Å². The molecule has 0 saturated carbocycles. The van der Waals surface area contributed by atoms with Gasteiger partial charge in [0.1, 0.15) is 11.6 Å². The van der Waals surface area contributed by atoms with Crippen molar-refractivity contribution in [3.05, 3.63) is 40.9 Å². The molecule has 0 spiro atoms. The SMILES string of the molecule is C=CCN1CCN(C(=O)OC(C)(C)C)[C@@H](C(=O)N2CCN(c3ccc(Cl)c(Cl)c3)CC2)C1. The Morgan fingerprint density at radius 1 is 1.09 bits per heavy atom. The standard InChI is InChI=1S/C23H32Cl2N4O3/c1-5-8-26-9-14-29(22(31)32-23(2,3)4)20(16-26)21(30)28-12-10-27(11-13-28)17-6-7-18(24)19(25)15-17/h5-7,15,20H,1,8-14,16H2,2-4H3/t20-/m1/s1. The van der Waals surface area contributed by atoms with Gasteiger partial charge in [-0.05, 0) is 39.0 Å². The van der Waals surface area contributed by atoms with Crippen LogP contribution in [0, 0.1) is 0 Å². The van der Waals surface area contributed by atoms with E-state index in [1.165, 1.54) is 0 Å². The predicted molar refractivity (Wildman–Crippen MR) is 129 cm³/mol. The number of carbonyl (C=O) groups is 2. The Labute approximate surface area is 200 Å². The van der Waals surface area contributed by atoms with Crippen LogP contribution in [0.1, 0.15) is 20.8 Å². The van der Waals surface area contributed by atoms with Crippen LogP contribution >= 0.6 is 23.2 Å². The number of hydrogen-bond acceptors (Lipinski definition) is 5. The van der Waals surface area contributed by atoms with Gasteiger partial charge in [-0.15, -0.1) is 6.58 Å². The van der Waals surface area contributed by atoms with Crippen molar-refractivity contribution in [2.75, 3.05) is 57.3 Å². The van der Waals surface area contributed by atoms with E-state index >= 15 is 0 Å². The number of halogens is 2. The fourth-order valence-corrected chi connectivity index (χ4v) is 4.31. The van der Waals surface area contributed by atoms with Gasteiger partial charge < -0.3 is 14.5 Å². The number of rotatable bonds is 4. The highest BCUT2D eigenvalue weighted by atomic mass is 35.5. The molecule has 2 saturated heterocycles. The first kappa shape index (κ1) is 24.7. The molecule has 2 amide bonds. The van der Waals surface area contributed by atoms with Crippen LogP contribution in [0.15, 0.2) is 30.9 Å². The summed E-state index contributed by atoms with van der Waals surface area (Å²) in [5.74, 6) is -0.0431. The van der Waals surface area contributed by atoms with E-state index in [-0.39, 0.29) is 5.91 Å². The molecule has 32 heavy (non-hydrogen) atoms.